The fourth-order valence-corrected chi connectivity index (χ4v) is 3.38. The first-order valence-corrected chi connectivity index (χ1v) is 8.96. The summed E-state index contributed by atoms with van der Waals surface area (Å²) in [5.74, 6) is -0.431. The summed E-state index contributed by atoms with van der Waals surface area (Å²) in [6.45, 7) is 1.82. The van der Waals surface area contributed by atoms with Crippen LogP contribution in [-0.2, 0) is 0 Å². The minimum absolute atomic E-state index is 0.0893. The maximum absolute atomic E-state index is 12.8. The predicted molar refractivity (Wildman–Crippen MR) is 111 cm³/mol. The smallest absolute Gasteiger partial charge is 0.185 e. The summed E-state index contributed by atoms with van der Waals surface area (Å²) in [5.41, 5.74) is 4.43. The molecular weight excluding hydrogens is 350 g/mol. The molecule has 0 bridgehead atoms. The third-order valence-electron chi connectivity index (χ3n) is 4.79. The molecule has 0 aliphatic carbocycles. The lowest BCUT2D eigenvalue weighted by Gasteiger charge is -2.21. The zero-order chi connectivity index (χ0) is 19.7. The van der Waals surface area contributed by atoms with Crippen LogP contribution >= 0.6 is 0 Å². The van der Waals surface area contributed by atoms with Gasteiger partial charge in [0.15, 0.2) is 16.9 Å². The molecule has 0 radical (unpaired) electrons. The van der Waals surface area contributed by atoms with Gasteiger partial charge in [-0.15, -0.1) is 0 Å². The Balaban J connectivity index is 2.13. The van der Waals surface area contributed by atoms with Crippen molar-refractivity contribution in [2.45, 2.75) is 6.92 Å². The lowest BCUT2D eigenvalue weighted by molar-refractivity contribution is 0.404. The molecule has 0 aliphatic rings. The lowest BCUT2D eigenvalue weighted by Crippen LogP contribution is -2.15. The Bertz CT molecular complexity index is 1200. The maximum atomic E-state index is 12.8. The molecule has 0 fully saturated rings. The van der Waals surface area contributed by atoms with E-state index in [9.17, 15) is 15.0 Å². The average Bonchev–Trinajstić information content (AvgIpc) is 2.73. The van der Waals surface area contributed by atoms with Crippen LogP contribution in [0.15, 0.2) is 89.7 Å². The second kappa shape index (κ2) is 7.08. The summed E-state index contributed by atoms with van der Waals surface area (Å²) < 4.78 is 2.01. The van der Waals surface area contributed by atoms with Crippen molar-refractivity contribution in [2.24, 2.45) is 0 Å². The van der Waals surface area contributed by atoms with Gasteiger partial charge < -0.3 is 14.8 Å². The van der Waals surface area contributed by atoms with Crippen LogP contribution in [-0.4, -0.2) is 14.8 Å². The highest BCUT2D eigenvalue weighted by Crippen LogP contribution is 2.34. The van der Waals surface area contributed by atoms with Gasteiger partial charge in [-0.1, -0.05) is 48.5 Å². The number of aromatic hydroxyl groups is 2. The second-order valence-electron chi connectivity index (χ2n) is 6.61. The standard InChI is InChI=1S/C24H19NO3/c1-16-22(27)15-20(18-12-13-21(26)23(28)14-18)25(19-10-6-3-7-11-19)24(16)17-8-4-2-5-9-17/h2-15,26,28H,1H3. The molecule has 0 aliphatic heterocycles. The lowest BCUT2D eigenvalue weighted by atomic mass is 10.0. The Kier molecular flexibility index (Phi) is 4.45. The Labute approximate surface area is 162 Å². The first-order valence-electron chi connectivity index (χ1n) is 8.96. The van der Waals surface area contributed by atoms with E-state index in [1.165, 1.54) is 12.1 Å². The third-order valence-corrected chi connectivity index (χ3v) is 4.79. The first kappa shape index (κ1) is 17.6. The van der Waals surface area contributed by atoms with Gasteiger partial charge in [-0.05, 0) is 42.8 Å². The SMILES string of the molecule is Cc1c(-c2ccccc2)n(-c2ccccc2)c(-c2ccc(O)c(O)c2)cc1=O. The van der Waals surface area contributed by atoms with Crippen LogP contribution in [0.25, 0.3) is 28.2 Å². The number of hydrogen-bond donors (Lipinski definition) is 2. The van der Waals surface area contributed by atoms with E-state index in [1.807, 2.05) is 72.2 Å². The van der Waals surface area contributed by atoms with Gasteiger partial charge in [-0.3, -0.25) is 4.79 Å². The van der Waals surface area contributed by atoms with E-state index < -0.39 is 0 Å². The van der Waals surface area contributed by atoms with Gasteiger partial charge in [0.05, 0.1) is 11.4 Å². The zero-order valence-corrected chi connectivity index (χ0v) is 15.3. The second-order valence-corrected chi connectivity index (χ2v) is 6.61. The summed E-state index contributed by atoms with van der Waals surface area (Å²) in [6.07, 6.45) is 0. The fraction of sp³-hybridized carbons (Fsp3) is 0.0417. The number of phenolic OH excluding ortho intramolecular Hbond substituents is 2. The van der Waals surface area contributed by atoms with Crippen LogP contribution < -0.4 is 5.43 Å². The summed E-state index contributed by atoms with van der Waals surface area (Å²) in [4.78, 5) is 12.8. The molecule has 0 unspecified atom stereocenters. The van der Waals surface area contributed by atoms with Crippen LogP contribution in [0.1, 0.15) is 5.56 Å². The summed E-state index contributed by atoms with van der Waals surface area (Å²) in [6, 6.07) is 25.7. The molecule has 3 aromatic carbocycles. The van der Waals surface area contributed by atoms with E-state index in [-0.39, 0.29) is 16.9 Å². The van der Waals surface area contributed by atoms with E-state index in [2.05, 4.69) is 0 Å². The number of pyridine rings is 1. The Morgan fingerprint density at radius 1 is 0.714 bits per heavy atom. The number of nitrogens with zero attached hydrogens (tertiary/aromatic N) is 1. The highest BCUT2D eigenvalue weighted by molar-refractivity contribution is 5.74. The Hall–Kier alpha value is -3.79. The number of aromatic nitrogens is 1. The third kappa shape index (κ3) is 3.05. The topological polar surface area (TPSA) is 62.5 Å². The number of para-hydroxylation sites is 1. The molecule has 1 heterocycles. The Morgan fingerprint density at radius 3 is 2.00 bits per heavy atom. The minimum Gasteiger partial charge on any atom is -0.504 e. The molecule has 0 saturated carbocycles. The quantitative estimate of drug-likeness (QED) is 0.505. The fourth-order valence-electron chi connectivity index (χ4n) is 3.38. The van der Waals surface area contributed by atoms with Gasteiger partial charge in [0.2, 0.25) is 0 Å². The van der Waals surface area contributed by atoms with Crippen molar-refractivity contribution in [1.82, 2.24) is 4.57 Å². The molecule has 1 aromatic heterocycles. The molecule has 0 saturated heterocycles. The molecule has 0 atom stereocenters. The van der Waals surface area contributed by atoms with E-state index in [0.29, 0.717) is 16.8 Å². The van der Waals surface area contributed by atoms with E-state index >= 15 is 0 Å². The van der Waals surface area contributed by atoms with Crippen molar-refractivity contribution < 1.29 is 10.2 Å². The van der Waals surface area contributed by atoms with Crippen molar-refractivity contribution in [2.75, 3.05) is 0 Å². The van der Waals surface area contributed by atoms with Crippen molar-refractivity contribution >= 4 is 0 Å². The van der Waals surface area contributed by atoms with Crippen LogP contribution in [0, 0.1) is 6.92 Å². The van der Waals surface area contributed by atoms with Crippen molar-refractivity contribution in [1.29, 1.82) is 0 Å². The molecule has 4 rings (SSSR count). The molecule has 28 heavy (non-hydrogen) atoms. The molecule has 138 valence electrons. The average molecular weight is 369 g/mol. The molecule has 4 aromatic rings. The van der Waals surface area contributed by atoms with Crippen molar-refractivity contribution in [3.63, 3.8) is 0 Å². The van der Waals surface area contributed by atoms with Gasteiger partial charge >= 0.3 is 0 Å². The Morgan fingerprint density at radius 2 is 1.36 bits per heavy atom. The number of benzene rings is 3. The normalized spacial score (nSPS) is 10.8. The van der Waals surface area contributed by atoms with Gasteiger partial charge in [0.1, 0.15) is 0 Å². The predicted octanol–water partition coefficient (Wildman–Crippen LogP) is 4.89. The highest BCUT2D eigenvalue weighted by atomic mass is 16.3. The molecule has 0 amide bonds. The number of phenols is 2. The minimum atomic E-state index is -0.230. The van der Waals surface area contributed by atoms with Crippen LogP contribution in [0.2, 0.25) is 0 Å². The zero-order valence-electron chi connectivity index (χ0n) is 15.3. The summed E-state index contributed by atoms with van der Waals surface area (Å²) in [7, 11) is 0. The first-order chi connectivity index (χ1) is 13.6. The molecule has 2 N–H and O–H groups in total. The molecule has 4 nitrogen and oxygen atoms in total. The molecule has 4 heteroatoms. The monoisotopic (exact) mass is 369 g/mol. The van der Waals surface area contributed by atoms with E-state index in [1.54, 1.807) is 12.1 Å². The van der Waals surface area contributed by atoms with Gasteiger partial charge in [-0.25, -0.2) is 0 Å². The summed E-state index contributed by atoms with van der Waals surface area (Å²) >= 11 is 0. The van der Waals surface area contributed by atoms with E-state index in [0.717, 1.165) is 16.9 Å². The maximum Gasteiger partial charge on any atom is 0.185 e. The molecular formula is C24H19NO3. The number of hydrogen-bond acceptors (Lipinski definition) is 3. The van der Waals surface area contributed by atoms with E-state index in [4.69, 9.17) is 0 Å². The van der Waals surface area contributed by atoms with Crippen LogP contribution in [0.3, 0.4) is 0 Å². The van der Waals surface area contributed by atoms with Crippen LogP contribution in [0.4, 0.5) is 0 Å². The van der Waals surface area contributed by atoms with Crippen LogP contribution in [0.5, 0.6) is 11.5 Å². The van der Waals surface area contributed by atoms with Gasteiger partial charge in [0.25, 0.3) is 0 Å². The van der Waals surface area contributed by atoms with Crippen molar-refractivity contribution in [3.8, 4) is 39.7 Å². The van der Waals surface area contributed by atoms with Gasteiger partial charge in [0, 0.05) is 22.9 Å². The molecule has 0 spiro atoms. The van der Waals surface area contributed by atoms with Crippen molar-refractivity contribution in [3.05, 3.63) is 101 Å². The highest BCUT2D eigenvalue weighted by Gasteiger charge is 2.17. The largest absolute Gasteiger partial charge is 0.504 e. The summed E-state index contributed by atoms with van der Waals surface area (Å²) in [5, 5.41) is 19.7. The van der Waals surface area contributed by atoms with Gasteiger partial charge in [-0.2, -0.15) is 0 Å². The number of rotatable bonds is 3.